The van der Waals surface area contributed by atoms with E-state index < -0.39 is 0 Å². The van der Waals surface area contributed by atoms with Crippen LogP contribution in [-0.2, 0) is 6.42 Å². The van der Waals surface area contributed by atoms with Crippen molar-refractivity contribution in [3.63, 3.8) is 0 Å². The highest BCUT2D eigenvalue weighted by atomic mass is 32.1. The van der Waals surface area contributed by atoms with Crippen molar-refractivity contribution in [2.24, 2.45) is 5.92 Å². The molecule has 33 heavy (non-hydrogen) atoms. The van der Waals surface area contributed by atoms with Gasteiger partial charge in [-0.2, -0.15) is 0 Å². The van der Waals surface area contributed by atoms with Crippen LogP contribution in [0, 0.1) is 19.8 Å². The molecule has 5 nitrogen and oxygen atoms in total. The first-order chi connectivity index (χ1) is 16.1. The molecular formula is C27H34N4OS. The van der Waals surface area contributed by atoms with E-state index in [0.717, 1.165) is 51.8 Å². The Balaban J connectivity index is 1.10. The lowest BCUT2D eigenvalue weighted by Crippen LogP contribution is -2.48. The van der Waals surface area contributed by atoms with E-state index in [1.807, 2.05) is 19.9 Å². The van der Waals surface area contributed by atoms with Gasteiger partial charge in [0, 0.05) is 56.0 Å². The van der Waals surface area contributed by atoms with Crippen LogP contribution in [0.2, 0.25) is 0 Å². The summed E-state index contributed by atoms with van der Waals surface area (Å²) in [5.74, 6) is 0.963. The Hall–Kier alpha value is -2.44. The molecule has 1 N–H and O–H groups in total. The lowest BCUT2D eigenvalue weighted by atomic mass is 9.85. The fourth-order valence-corrected chi connectivity index (χ4v) is 6.05. The van der Waals surface area contributed by atoms with Gasteiger partial charge in [-0.3, -0.25) is 9.69 Å². The summed E-state index contributed by atoms with van der Waals surface area (Å²) in [7, 11) is 0. The number of anilines is 1. The Labute approximate surface area is 200 Å². The smallest absolute Gasteiger partial charge is 0.261 e. The molecule has 2 aliphatic rings. The van der Waals surface area contributed by atoms with Crippen molar-refractivity contribution in [2.75, 3.05) is 44.2 Å². The fourth-order valence-electron chi connectivity index (χ4n) is 4.91. The van der Waals surface area contributed by atoms with Crippen LogP contribution in [0.1, 0.15) is 45.8 Å². The molecule has 3 aromatic rings. The number of hydrogen-bond acceptors (Lipinski definition) is 5. The van der Waals surface area contributed by atoms with Crippen LogP contribution in [-0.4, -0.2) is 55.1 Å². The predicted molar refractivity (Wildman–Crippen MR) is 138 cm³/mol. The summed E-state index contributed by atoms with van der Waals surface area (Å²) in [6.07, 6.45) is 5.14. The Morgan fingerprint density at radius 1 is 1.06 bits per heavy atom. The highest BCUT2D eigenvalue weighted by Gasteiger charge is 2.23. The molecule has 1 saturated carbocycles. The summed E-state index contributed by atoms with van der Waals surface area (Å²) in [4.78, 5) is 24.2. The van der Waals surface area contributed by atoms with Crippen LogP contribution in [0.15, 0.2) is 36.4 Å². The number of nitrogens with zero attached hydrogens (tertiary/aromatic N) is 3. The topological polar surface area (TPSA) is 48.5 Å². The first-order valence-electron chi connectivity index (χ1n) is 12.3. The van der Waals surface area contributed by atoms with Crippen LogP contribution in [0.4, 0.5) is 5.69 Å². The molecule has 0 unspecified atom stereocenters. The van der Waals surface area contributed by atoms with Crippen molar-refractivity contribution in [3.8, 4) is 0 Å². The second kappa shape index (κ2) is 9.82. The molecule has 1 saturated heterocycles. The maximum atomic E-state index is 12.7. The van der Waals surface area contributed by atoms with Gasteiger partial charge in [-0.05, 0) is 74.4 Å². The standard InChI is InChI=1S/C27H34N4OS/c1-19-6-11-24-20(2)25(33-27(24)29-19)26(32)28-13-12-21-7-9-23(10-8-21)31-16-14-30(15-17-31)18-22-4-3-5-22/h6-11,22H,3-5,12-18H2,1-2H3,(H,28,32). The minimum absolute atomic E-state index is 0.00421. The average Bonchev–Trinajstić information content (AvgIpc) is 3.13. The van der Waals surface area contributed by atoms with Crippen molar-refractivity contribution in [1.29, 1.82) is 0 Å². The SMILES string of the molecule is Cc1ccc2c(C)c(C(=O)NCCc3ccc(N4CCN(CC5CCC5)CC4)cc3)sc2n1. The summed E-state index contributed by atoms with van der Waals surface area (Å²) < 4.78 is 0. The van der Waals surface area contributed by atoms with Crippen molar-refractivity contribution in [3.05, 3.63) is 58.1 Å². The third kappa shape index (κ3) is 5.07. The molecule has 1 aromatic carbocycles. The van der Waals surface area contributed by atoms with E-state index >= 15 is 0 Å². The lowest BCUT2D eigenvalue weighted by molar-refractivity contribution is 0.0957. The second-order valence-corrected chi connectivity index (χ2v) is 10.6. The molecule has 0 bridgehead atoms. The van der Waals surface area contributed by atoms with E-state index in [-0.39, 0.29) is 5.91 Å². The Kier molecular flexibility index (Phi) is 6.65. The first-order valence-corrected chi connectivity index (χ1v) is 13.1. The summed E-state index contributed by atoms with van der Waals surface area (Å²) >= 11 is 1.49. The zero-order valence-corrected chi connectivity index (χ0v) is 20.6. The Morgan fingerprint density at radius 2 is 1.82 bits per heavy atom. The number of pyridine rings is 1. The van der Waals surface area contributed by atoms with Gasteiger partial charge in [-0.1, -0.05) is 18.6 Å². The Bertz CT molecular complexity index is 1110. The minimum Gasteiger partial charge on any atom is -0.369 e. The van der Waals surface area contributed by atoms with Crippen LogP contribution >= 0.6 is 11.3 Å². The van der Waals surface area contributed by atoms with Gasteiger partial charge in [0.25, 0.3) is 5.91 Å². The highest BCUT2D eigenvalue weighted by molar-refractivity contribution is 7.20. The lowest BCUT2D eigenvalue weighted by Gasteiger charge is -2.39. The molecule has 1 amide bonds. The number of piperazine rings is 1. The molecular weight excluding hydrogens is 428 g/mol. The van der Waals surface area contributed by atoms with Crippen molar-refractivity contribution >= 4 is 33.1 Å². The molecule has 6 heteroatoms. The van der Waals surface area contributed by atoms with Gasteiger partial charge in [0.15, 0.2) is 0 Å². The van der Waals surface area contributed by atoms with Gasteiger partial charge in [-0.25, -0.2) is 4.98 Å². The summed E-state index contributed by atoms with van der Waals surface area (Å²) in [6.45, 7) is 10.5. The zero-order chi connectivity index (χ0) is 22.8. The van der Waals surface area contributed by atoms with Gasteiger partial charge in [0.1, 0.15) is 4.83 Å². The Morgan fingerprint density at radius 3 is 2.52 bits per heavy atom. The van der Waals surface area contributed by atoms with Gasteiger partial charge >= 0.3 is 0 Å². The number of carbonyl (C=O) groups is 1. The number of rotatable bonds is 7. The zero-order valence-electron chi connectivity index (χ0n) is 19.8. The van der Waals surface area contributed by atoms with Gasteiger partial charge in [0.05, 0.1) is 4.88 Å². The van der Waals surface area contributed by atoms with Crippen LogP contribution < -0.4 is 10.2 Å². The molecule has 5 rings (SSSR count). The van der Waals surface area contributed by atoms with E-state index in [1.54, 1.807) is 0 Å². The normalized spacial score (nSPS) is 17.3. The molecule has 0 radical (unpaired) electrons. The number of aryl methyl sites for hydroxylation is 2. The van der Waals surface area contributed by atoms with Gasteiger partial charge in [-0.15, -0.1) is 11.3 Å². The molecule has 1 aliphatic heterocycles. The minimum atomic E-state index is 0.00421. The van der Waals surface area contributed by atoms with Gasteiger partial charge in [0.2, 0.25) is 0 Å². The van der Waals surface area contributed by atoms with E-state index in [2.05, 4.69) is 50.4 Å². The van der Waals surface area contributed by atoms with E-state index in [9.17, 15) is 4.79 Å². The van der Waals surface area contributed by atoms with Crippen molar-refractivity contribution in [1.82, 2.24) is 15.2 Å². The molecule has 0 atom stereocenters. The molecule has 3 heterocycles. The summed E-state index contributed by atoms with van der Waals surface area (Å²) in [5, 5.41) is 4.18. The second-order valence-electron chi connectivity index (χ2n) is 9.62. The summed E-state index contributed by atoms with van der Waals surface area (Å²) in [6, 6.07) is 13.0. The number of thiophene rings is 1. The third-order valence-corrected chi connectivity index (χ3v) is 8.46. The largest absolute Gasteiger partial charge is 0.369 e. The van der Waals surface area contributed by atoms with E-state index in [1.165, 1.54) is 61.5 Å². The first kappa shape index (κ1) is 22.4. The van der Waals surface area contributed by atoms with Crippen molar-refractivity contribution < 1.29 is 4.79 Å². The fraction of sp³-hybridized carbons (Fsp3) is 0.481. The number of fused-ring (bicyclic) bond motifs is 1. The number of carbonyl (C=O) groups excluding carboxylic acids is 1. The highest BCUT2D eigenvalue weighted by Crippen LogP contribution is 2.30. The maximum Gasteiger partial charge on any atom is 0.261 e. The van der Waals surface area contributed by atoms with Crippen LogP contribution in [0.5, 0.6) is 0 Å². The number of aromatic nitrogens is 1. The molecule has 1 aliphatic carbocycles. The van der Waals surface area contributed by atoms with Gasteiger partial charge < -0.3 is 10.2 Å². The molecule has 2 aromatic heterocycles. The molecule has 2 fully saturated rings. The monoisotopic (exact) mass is 462 g/mol. The number of nitrogens with one attached hydrogen (secondary N) is 1. The average molecular weight is 463 g/mol. The number of amides is 1. The number of benzene rings is 1. The van der Waals surface area contributed by atoms with E-state index in [0.29, 0.717) is 6.54 Å². The predicted octanol–water partition coefficient (Wildman–Crippen LogP) is 4.81. The van der Waals surface area contributed by atoms with Crippen LogP contribution in [0.25, 0.3) is 10.2 Å². The maximum absolute atomic E-state index is 12.7. The third-order valence-electron chi connectivity index (χ3n) is 7.26. The molecule has 0 spiro atoms. The number of hydrogen-bond donors (Lipinski definition) is 1. The quantitative estimate of drug-likeness (QED) is 0.548. The van der Waals surface area contributed by atoms with Crippen LogP contribution in [0.3, 0.4) is 0 Å². The summed E-state index contributed by atoms with van der Waals surface area (Å²) in [5.41, 5.74) is 4.58. The molecule has 174 valence electrons. The van der Waals surface area contributed by atoms with E-state index in [4.69, 9.17) is 0 Å². The van der Waals surface area contributed by atoms with Crippen molar-refractivity contribution in [2.45, 2.75) is 39.5 Å².